The third-order valence-corrected chi connectivity index (χ3v) is 3.43. The first-order valence-electron chi connectivity index (χ1n) is 6.88. The third kappa shape index (κ3) is 3.05. The summed E-state index contributed by atoms with van der Waals surface area (Å²) in [6.45, 7) is 2.79. The van der Waals surface area contributed by atoms with Gasteiger partial charge in [-0.2, -0.15) is 0 Å². The molecule has 0 bridgehead atoms. The Labute approximate surface area is 122 Å². The van der Waals surface area contributed by atoms with Crippen LogP contribution in [0.2, 0.25) is 0 Å². The highest BCUT2D eigenvalue weighted by molar-refractivity contribution is 5.90. The maximum atomic E-state index is 12.1. The van der Waals surface area contributed by atoms with Crippen LogP contribution in [-0.2, 0) is 0 Å². The van der Waals surface area contributed by atoms with Crippen LogP contribution >= 0.6 is 0 Å². The van der Waals surface area contributed by atoms with Crippen LogP contribution in [0.25, 0.3) is 11.5 Å². The van der Waals surface area contributed by atoms with Crippen molar-refractivity contribution in [2.75, 3.05) is 18.4 Å². The second-order valence-corrected chi connectivity index (χ2v) is 5.18. The highest BCUT2D eigenvalue weighted by Gasteiger charge is 2.24. The van der Waals surface area contributed by atoms with Gasteiger partial charge in [0.1, 0.15) is 5.76 Å². The molecule has 1 fully saturated rings. The number of aliphatic hydroxyl groups is 1. The van der Waals surface area contributed by atoms with Crippen molar-refractivity contribution in [2.45, 2.75) is 19.4 Å². The summed E-state index contributed by atoms with van der Waals surface area (Å²) in [5.41, 5.74) is 1.48. The van der Waals surface area contributed by atoms with Crippen LogP contribution in [0.5, 0.6) is 0 Å². The Morgan fingerprint density at radius 1 is 1.52 bits per heavy atom. The smallest absolute Gasteiger partial charge is 0.321 e. The summed E-state index contributed by atoms with van der Waals surface area (Å²) in [6.07, 6.45) is 1.87. The van der Waals surface area contributed by atoms with Gasteiger partial charge >= 0.3 is 6.03 Å². The predicted molar refractivity (Wildman–Crippen MR) is 77.9 cm³/mol. The highest BCUT2D eigenvalue weighted by Crippen LogP contribution is 2.22. The molecule has 1 aromatic heterocycles. The van der Waals surface area contributed by atoms with E-state index in [9.17, 15) is 9.90 Å². The Kier molecular flexibility index (Phi) is 3.62. The number of β-amino-alcohol motifs (C(OH)–C–C–N with tert-alkyl or cyclic N) is 1. The van der Waals surface area contributed by atoms with E-state index < -0.39 is 6.10 Å². The lowest BCUT2D eigenvalue weighted by Gasteiger charge is -2.16. The fraction of sp³-hybridized carbons (Fsp3) is 0.333. The molecule has 1 saturated heterocycles. The lowest BCUT2D eigenvalue weighted by molar-refractivity contribution is 0.176. The van der Waals surface area contributed by atoms with Gasteiger partial charge in [0.15, 0.2) is 0 Å². The SMILES string of the molecule is Cc1cnc(-c2cccc(NC(=O)N3CC[C@@H](O)C3)c2)o1. The Bertz CT molecular complexity index is 653. The number of nitrogens with zero attached hydrogens (tertiary/aromatic N) is 2. The van der Waals surface area contributed by atoms with Crippen molar-refractivity contribution < 1.29 is 14.3 Å². The fourth-order valence-corrected chi connectivity index (χ4v) is 2.35. The van der Waals surface area contributed by atoms with Gasteiger partial charge in [0.25, 0.3) is 0 Å². The van der Waals surface area contributed by atoms with Gasteiger partial charge in [-0.05, 0) is 31.5 Å². The van der Waals surface area contributed by atoms with Crippen molar-refractivity contribution in [1.29, 1.82) is 0 Å². The summed E-state index contributed by atoms with van der Waals surface area (Å²) in [6, 6.07) is 7.13. The molecular formula is C15H17N3O3. The van der Waals surface area contributed by atoms with Crippen molar-refractivity contribution in [1.82, 2.24) is 9.88 Å². The Balaban J connectivity index is 1.73. The number of aliphatic hydroxyl groups excluding tert-OH is 1. The van der Waals surface area contributed by atoms with Gasteiger partial charge in [0, 0.05) is 24.3 Å². The second-order valence-electron chi connectivity index (χ2n) is 5.18. The largest absolute Gasteiger partial charge is 0.441 e. The highest BCUT2D eigenvalue weighted by atomic mass is 16.4. The maximum Gasteiger partial charge on any atom is 0.321 e. The molecule has 1 aliphatic rings. The molecule has 0 aliphatic carbocycles. The molecule has 3 rings (SSSR count). The number of carbonyl (C=O) groups excluding carboxylic acids is 1. The molecule has 21 heavy (non-hydrogen) atoms. The van der Waals surface area contributed by atoms with E-state index in [1.165, 1.54) is 0 Å². The normalized spacial score (nSPS) is 18.0. The lowest BCUT2D eigenvalue weighted by Crippen LogP contribution is -2.33. The molecule has 110 valence electrons. The van der Waals surface area contributed by atoms with Crippen LogP contribution in [0, 0.1) is 6.92 Å². The summed E-state index contributed by atoms with van der Waals surface area (Å²) in [5, 5.41) is 12.3. The summed E-state index contributed by atoms with van der Waals surface area (Å²) >= 11 is 0. The molecule has 2 heterocycles. The molecule has 1 aromatic carbocycles. The van der Waals surface area contributed by atoms with Gasteiger partial charge in [-0.3, -0.25) is 0 Å². The number of hydrogen-bond acceptors (Lipinski definition) is 4. The van der Waals surface area contributed by atoms with Crippen molar-refractivity contribution in [2.24, 2.45) is 0 Å². The quantitative estimate of drug-likeness (QED) is 0.888. The van der Waals surface area contributed by atoms with Gasteiger partial charge in [-0.1, -0.05) is 6.07 Å². The van der Waals surface area contributed by atoms with Gasteiger partial charge < -0.3 is 19.7 Å². The number of oxazole rings is 1. The number of carbonyl (C=O) groups is 1. The molecular weight excluding hydrogens is 270 g/mol. The number of amides is 2. The van der Waals surface area contributed by atoms with Crippen molar-refractivity contribution in [3.05, 3.63) is 36.2 Å². The molecule has 6 nitrogen and oxygen atoms in total. The molecule has 1 aliphatic heterocycles. The minimum Gasteiger partial charge on any atom is -0.441 e. The molecule has 2 N–H and O–H groups in total. The number of aryl methyl sites for hydroxylation is 1. The van der Waals surface area contributed by atoms with Crippen LogP contribution < -0.4 is 5.32 Å². The van der Waals surface area contributed by atoms with E-state index in [1.807, 2.05) is 31.2 Å². The van der Waals surface area contributed by atoms with E-state index in [2.05, 4.69) is 10.3 Å². The molecule has 2 amide bonds. The molecule has 0 unspecified atom stereocenters. The number of nitrogens with one attached hydrogen (secondary N) is 1. The van der Waals surface area contributed by atoms with Gasteiger partial charge in [0.05, 0.1) is 12.3 Å². The van der Waals surface area contributed by atoms with Crippen LogP contribution in [0.15, 0.2) is 34.9 Å². The van der Waals surface area contributed by atoms with Crippen LogP contribution in [0.1, 0.15) is 12.2 Å². The van der Waals surface area contributed by atoms with Crippen molar-refractivity contribution in [3.63, 3.8) is 0 Å². The maximum absolute atomic E-state index is 12.1. The number of likely N-dealkylation sites (tertiary alicyclic amines) is 1. The Morgan fingerprint density at radius 2 is 2.38 bits per heavy atom. The van der Waals surface area contributed by atoms with E-state index in [0.29, 0.717) is 31.1 Å². The molecule has 6 heteroatoms. The van der Waals surface area contributed by atoms with Gasteiger partial charge in [-0.15, -0.1) is 0 Å². The number of urea groups is 1. The molecule has 0 saturated carbocycles. The standard InChI is InChI=1S/C15H17N3O3/c1-10-8-16-14(21-10)11-3-2-4-12(7-11)17-15(20)18-6-5-13(19)9-18/h2-4,7-8,13,19H,5-6,9H2,1H3,(H,17,20)/t13-/m1/s1. The summed E-state index contributed by atoms with van der Waals surface area (Å²) in [4.78, 5) is 17.9. The van der Waals surface area contributed by atoms with Crippen molar-refractivity contribution >= 4 is 11.7 Å². The minimum atomic E-state index is -0.419. The first kappa shape index (κ1) is 13.6. The van der Waals surface area contributed by atoms with Crippen LogP contribution in [-0.4, -0.2) is 40.2 Å². The van der Waals surface area contributed by atoms with Gasteiger partial charge in [0.2, 0.25) is 5.89 Å². The predicted octanol–water partition coefficient (Wildman–Crippen LogP) is 2.25. The molecule has 0 radical (unpaired) electrons. The molecule has 2 aromatic rings. The van der Waals surface area contributed by atoms with Crippen molar-refractivity contribution in [3.8, 4) is 11.5 Å². The van der Waals surface area contributed by atoms with E-state index in [-0.39, 0.29) is 6.03 Å². The lowest BCUT2D eigenvalue weighted by atomic mass is 10.2. The summed E-state index contributed by atoms with van der Waals surface area (Å²) in [7, 11) is 0. The summed E-state index contributed by atoms with van der Waals surface area (Å²) < 4.78 is 5.48. The van der Waals surface area contributed by atoms with Crippen LogP contribution in [0.3, 0.4) is 0 Å². The van der Waals surface area contributed by atoms with E-state index in [0.717, 1.165) is 11.3 Å². The average molecular weight is 287 g/mol. The molecule has 0 spiro atoms. The topological polar surface area (TPSA) is 78.6 Å². The first-order valence-corrected chi connectivity index (χ1v) is 6.88. The minimum absolute atomic E-state index is 0.202. The zero-order chi connectivity index (χ0) is 14.8. The van der Waals surface area contributed by atoms with E-state index in [1.54, 1.807) is 11.1 Å². The Hall–Kier alpha value is -2.34. The summed E-state index contributed by atoms with van der Waals surface area (Å²) in [5.74, 6) is 1.27. The fourth-order valence-electron chi connectivity index (χ4n) is 2.35. The van der Waals surface area contributed by atoms with E-state index in [4.69, 9.17) is 4.42 Å². The number of benzene rings is 1. The zero-order valence-electron chi connectivity index (χ0n) is 11.7. The molecule has 1 atom stereocenters. The Morgan fingerprint density at radius 3 is 3.05 bits per heavy atom. The van der Waals surface area contributed by atoms with Gasteiger partial charge in [-0.25, -0.2) is 9.78 Å². The number of aromatic nitrogens is 1. The monoisotopic (exact) mass is 287 g/mol. The zero-order valence-corrected chi connectivity index (χ0v) is 11.7. The first-order chi connectivity index (χ1) is 10.1. The average Bonchev–Trinajstić information content (AvgIpc) is 3.08. The number of hydrogen-bond donors (Lipinski definition) is 2. The van der Waals surface area contributed by atoms with E-state index >= 15 is 0 Å². The number of rotatable bonds is 2. The third-order valence-electron chi connectivity index (χ3n) is 3.43. The van der Waals surface area contributed by atoms with Crippen LogP contribution in [0.4, 0.5) is 10.5 Å². The second kappa shape index (κ2) is 5.57. The number of anilines is 1.